The third kappa shape index (κ3) is 4.35. The fourth-order valence-electron chi connectivity index (χ4n) is 5.31. The zero-order valence-electron chi connectivity index (χ0n) is 18.6. The molecule has 2 aliphatic rings. The van der Waals surface area contributed by atoms with Crippen LogP contribution in [0, 0.1) is 5.92 Å². The fourth-order valence-corrected chi connectivity index (χ4v) is 8.27. The summed E-state index contributed by atoms with van der Waals surface area (Å²) in [4.78, 5) is 38.1. The molecule has 1 aromatic rings. The molecule has 3 rings (SSSR count). The monoisotopic (exact) mass is 513 g/mol. The molecule has 2 aliphatic heterocycles. The molecule has 1 spiro atoms. The van der Waals surface area contributed by atoms with Gasteiger partial charge in [-0.15, -0.1) is 0 Å². The molecule has 31 heavy (non-hydrogen) atoms. The highest BCUT2D eigenvalue weighted by Crippen LogP contribution is 2.59. The van der Waals surface area contributed by atoms with Crippen molar-refractivity contribution in [1.29, 1.82) is 0 Å². The maximum atomic E-state index is 13.9. The number of methoxy groups -OCH3 is 1. The number of carbonyl (C=O) groups excluding carboxylic acids is 2. The Bertz CT molecular complexity index is 844. The molecule has 1 fully saturated rings. The minimum Gasteiger partial charge on any atom is -0.469 e. The zero-order chi connectivity index (χ0) is 23.0. The number of benzene rings is 1. The van der Waals surface area contributed by atoms with E-state index >= 15 is 0 Å². The lowest BCUT2D eigenvalue weighted by atomic mass is 9.82. The first-order valence-electron chi connectivity index (χ1n) is 10.8. The van der Waals surface area contributed by atoms with Gasteiger partial charge in [-0.3, -0.25) is 9.59 Å². The van der Waals surface area contributed by atoms with Crippen LogP contribution in [0.4, 0.5) is 5.69 Å². The normalized spacial score (nSPS) is 27.8. The summed E-state index contributed by atoms with van der Waals surface area (Å²) in [6.07, 6.45) is 1.59. The molecule has 0 bridgehead atoms. The zero-order valence-corrected chi connectivity index (χ0v) is 21.1. The van der Waals surface area contributed by atoms with Gasteiger partial charge in [0, 0.05) is 41.1 Å². The third-order valence-corrected chi connectivity index (χ3v) is 9.60. The Morgan fingerprint density at radius 3 is 2.68 bits per heavy atom. The standard InChI is InChI=1S/C22H32BrNO6Si/c1-14-20(31(3,4)28)18(10-12-25)30-22(14)16-13-15(23)8-9-17(16)24(21(22)27)11-6-5-7-19(26)29-2/h8-9,13-14,18,20,25,28H,5-7,10-12H2,1-4H3/t14-,18+,20-,22+/m1/s1. The van der Waals surface area contributed by atoms with Gasteiger partial charge in [0.25, 0.3) is 5.91 Å². The van der Waals surface area contributed by atoms with Gasteiger partial charge in [0.1, 0.15) is 0 Å². The average molecular weight is 514 g/mol. The number of hydrogen-bond donors (Lipinski definition) is 2. The van der Waals surface area contributed by atoms with Crippen LogP contribution in [0.25, 0.3) is 0 Å². The molecule has 1 aromatic carbocycles. The molecule has 0 aliphatic carbocycles. The van der Waals surface area contributed by atoms with Crippen LogP contribution in [0.5, 0.6) is 0 Å². The second kappa shape index (κ2) is 9.31. The molecule has 0 unspecified atom stereocenters. The summed E-state index contributed by atoms with van der Waals surface area (Å²) in [5, 5.41) is 9.61. The average Bonchev–Trinajstić information content (AvgIpc) is 3.12. The Labute approximate surface area is 193 Å². The van der Waals surface area contributed by atoms with Crippen LogP contribution in [-0.4, -0.2) is 56.5 Å². The van der Waals surface area contributed by atoms with Crippen molar-refractivity contribution in [3.05, 3.63) is 28.2 Å². The van der Waals surface area contributed by atoms with Crippen molar-refractivity contribution in [2.24, 2.45) is 5.92 Å². The summed E-state index contributed by atoms with van der Waals surface area (Å²) in [6, 6.07) is 5.75. The van der Waals surface area contributed by atoms with Crippen LogP contribution < -0.4 is 4.90 Å². The number of anilines is 1. The molecule has 0 saturated carbocycles. The number of fused-ring (bicyclic) bond motifs is 2. The van der Waals surface area contributed by atoms with Gasteiger partial charge in [-0.2, -0.15) is 0 Å². The van der Waals surface area contributed by atoms with Gasteiger partial charge in [0.15, 0.2) is 13.9 Å². The Kier molecular flexibility index (Phi) is 7.32. The second-order valence-corrected chi connectivity index (χ2v) is 13.9. The number of ether oxygens (including phenoxy) is 2. The number of esters is 1. The van der Waals surface area contributed by atoms with Crippen molar-refractivity contribution in [2.75, 3.05) is 25.2 Å². The molecule has 172 valence electrons. The van der Waals surface area contributed by atoms with E-state index < -0.39 is 13.9 Å². The van der Waals surface area contributed by atoms with Crippen molar-refractivity contribution in [3.8, 4) is 0 Å². The van der Waals surface area contributed by atoms with Gasteiger partial charge in [0.05, 0.1) is 18.9 Å². The van der Waals surface area contributed by atoms with E-state index in [1.165, 1.54) is 7.11 Å². The highest BCUT2D eigenvalue weighted by atomic mass is 79.9. The topological polar surface area (TPSA) is 96.3 Å². The maximum Gasteiger partial charge on any atom is 0.305 e. The van der Waals surface area contributed by atoms with E-state index in [0.717, 1.165) is 15.7 Å². The van der Waals surface area contributed by atoms with Crippen LogP contribution >= 0.6 is 15.9 Å². The van der Waals surface area contributed by atoms with E-state index in [0.29, 0.717) is 32.2 Å². The fraction of sp³-hybridized carbons (Fsp3) is 0.636. The third-order valence-electron chi connectivity index (χ3n) is 6.60. The van der Waals surface area contributed by atoms with E-state index in [4.69, 9.17) is 9.47 Å². The first-order valence-corrected chi connectivity index (χ1v) is 14.6. The second-order valence-electron chi connectivity index (χ2n) is 9.02. The van der Waals surface area contributed by atoms with Crippen LogP contribution in [0.15, 0.2) is 22.7 Å². The van der Waals surface area contributed by atoms with Crippen molar-refractivity contribution in [1.82, 2.24) is 0 Å². The minimum atomic E-state index is -2.69. The molecule has 1 amide bonds. The number of nitrogens with zero attached hydrogens (tertiary/aromatic N) is 1. The molecule has 0 aromatic heterocycles. The first kappa shape index (κ1) is 24.4. The molecular formula is C22H32BrNO6Si. The first-order chi connectivity index (χ1) is 14.6. The van der Waals surface area contributed by atoms with Crippen LogP contribution in [-0.2, 0) is 24.7 Å². The summed E-state index contributed by atoms with van der Waals surface area (Å²) < 4.78 is 12.1. The molecule has 1 saturated heterocycles. The van der Waals surface area contributed by atoms with Gasteiger partial charge in [0.2, 0.25) is 0 Å². The molecule has 7 nitrogen and oxygen atoms in total. The summed E-state index contributed by atoms with van der Waals surface area (Å²) in [5.41, 5.74) is 0.239. The quantitative estimate of drug-likeness (QED) is 0.314. The molecule has 2 N–H and O–H groups in total. The van der Waals surface area contributed by atoms with E-state index in [2.05, 4.69) is 15.9 Å². The van der Waals surface area contributed by atoms with Crippen molar-refractivity contribution in [3.63, 3.8) is 0 Å². The SMILES string of the molecule is COC(=O)CCCCN1C(=O)[C@@]2(O[C@@H](CCO)[C@H]([Si](C)(C)O)[C@H]2C)c2cc(Br)ccc21. The van der Waals surface area contributed by atoms with Crippen molar-refractivity contribution >= 4 is 41.8 Å². The highest BCUT2D eigenvalue weighted by Gasteiger charge is 2.66. The van der Waals surface area contributed by atoms with Gasteiger partial charge in [-0.1, -0.05) is 22.9 Å². The van der Waals surface area contributed by atoms with E-state index in [1.54, 1.807) is 4.90 Å². The summed E-state index contributed by atoms with van der Waals surface area (Å²) in [5.74, 6) is -0.627. The number of aliphatic hydroxyl groups excluding tert-OH is 1. The summed E-state index contributed by atoms with van der Waals surface area (Å²) >= 11 is 3.53. The number of amides is 1. The van der Waals surface area contributed by atoms with Crippen LogP contribution in [0.2, 0.25) is 18.6 Å². The van der Waals surface area contributed by atoms with Crippen molar-refractivity contribution in [2.45, 2.75) is 62.9 Å². The lowest BCUT2D eigenvalue weighted by Crippen LogP contribution is -2.46. The smallest absolute Gasteiger partial charge is 0.305 e. The van der Waals surface area contributed by atoms with Crippen LogP contribution in [0.1, 0.15) is 38.2 Å². The summed E-state index contributed by atoms with van der Waals surface area (Å²) in [7, 11) is -1.32. The lowest BCUT2D eigenvalue weighted by Gasteiger charge is -2.32. The number of aliphatic hydroxyl groups is 1. The summed E-state index contributed by atoms with van der Waals surface area (Å²) in [6.45, 7) is 6.12. The Balaban J connectivity index is 1.96. The number of unbranched alkanes of at least 4 members (excludes halogenated alkanes) is 1. The van der Waals surface area contributed by atoms with E-state index in [-0.39, 0.29) is 36.0 Å². The number of hydrogen-bond acceptors (Lipinski definition) is 6. The molecule has 2 heterocycles. The highest BCUT2D eigenvalue weighted by molar-refractivity contribution is 9.10. The molecular weight excluding hydrogens is 482 g/mol. The van der Waals surface area contributed by atoms with Crippen LogP contribution in [0.3, 0.4) is 0 Å². The van der Waals surface area contributed by atoms with Gasteiger partial charge in [-0.05, 0) is 50.6 Å². The van der Waals surface area contributed by atoms with Gasteiger partial charge < -0.3 is 24.3 Å². The lowest BCUT2D eigenvalue weighted by molar-refractivity contribution is -0.146. The predicted octanol–water partition coefficient (Wildman–Crippen LogP) is 3.32. The van der Waals surface area contributed by atoms with Crippen molar-refractivity contribution < 1.29 is 29.0 Å². The molecule has 0 radical (unpaired) electrons. The molecule has 9 heteroatoms. The Hall–Kier alpha value is -1.26. The molecule has 4 atom stereocenters. The number of rotatable bonds is 8. The van der Waals surface area contributed by atoms with Gasteiger partial charge in [-0.25, -0.2) is 0 Å². The Morgan fingerprint density at radius 2 is 2.06 bits per heavy atom. The largest absolute Gasteiger partial charge is 0.469 e. The number of halogens is 1. The Morgan fingerprint density at radius 1 is 1.35 bits per heavy atom. The predicted molar refractivity (Wildman–Crippen MR) is 123 cm³/mol. The minimum absolute atomic E-state index is 0.0643. The van der Waals surface area contributed by atoms with Gasteiger partial charge >= 0.3 is 5.97 Å². The van der Waals surface area contributed by atoms with E-state index in [9.17, 15) is 19.5 Å². The maximum absolute atomic E-state index is 13.9. The van der Waals surface area contributed by atoms with E-state index in [1.807, 2.05) is 38.2 Å². The number of carbonyl (C=O) groups is 2.